The predicted molar refractivity (Wildman–Crippen MR) is 124 cm³/mol. The molecule has 0 bridgehead atoms. The molecule has 32 heavy (non-hydrogen) atoms. The number of benzene rings is 2. The molecule has 2 aromatic rings. The number of fused-ring (bicyclic) bond motifs is 1. The molecule has 2 aromatic carbocycles. The highest BCUT2D eigenvalue weighted by Crippen LogP contribution is 2.43. The Bertz CT molecular complexity index is 1040. The average Bonchev–Trinajstić information content (AvgIpc) is 2.83. The summed E-state index contributed by atoms with van der Waals surface area (Å²) in [5.74, 6) is 1.67. The van der Waals surface area contributed by atoms with Crippen molar-refractivity contribution in [1.29, 1.82) is 5.41 Å². The largest absolute Gasteiger partial charge is 0.493 e. The van der Waals surface area contributed by atoms with Crippen molar-refractivity contribution in [3.05, 3.63) is 53.6 Å². The Labute approximate surface area is 188 Å². The van der Waals surface area contributed by atoms with Crippen molar-refractivity contribution in [3.63, 3.8) is 0 Å². The number of amides is 1. The van der Waals surface area contributed by atoms with Crippen LogP contribution in [0.25, 0.3) is 0 Å². The van der Waals surface area contributed by atoms with Gasteiger partial charge in [-0.05, 0) is 37.3 Å². The standard InChI is InChI=1S/C25H29N3O4/c1-4-31-22-15-17(9-10-21(22)30-3)24(29)28-13-11-25(12-14-28)19(16-26)23(27-2)18-7-5-6-8-20(18)32-25/h5-10,15-16,19,26H,4,11-14H2,1-3H3. The van der Waals surface area contributed by atoms with Crippen molar-refractivity contribution >= 4 is 17.8 Å². The molecule has 1 atom stereocenters. The lowest BCUT2D eigenvalue weighted by atomic mass is 9.73. The number of likely N-dealkylation sites (tertiary alicyclic amines) is 1. The van der Waals surface area contributed by atoms with Crippen LogP contribution in [-0.4, -0.2) is 62.2 Å². The van der Waals surface area contributed by atoms with E-state index >= 15 is 0 Å². The van der Waals surface area contributed by atoms with Gasteiger partial charge in [-0.1, -0.05) is 12.1 Å². The molecule has 2 aliphatic rings. The highest BCUT2D eigenvalue weighted by atomic mass is 16.5. The summed E-state index contributed by atoms with van der Waals surface area (Å²) in [6, 6.07) is 13.1. The summed E-state index contributed by atoms with van der Waals surface area (Å²) >= 11 is 0. The third-order valence-corrected chi connectivity index (χ3v) is 6.35. The molecule has 7 nitrogen and oxygen atoms in total. The van der Waals surface area contributed by atoms with Gasteiger partial charge in [-0.15, -0.1) is 0 Å². The second-order valence-corrected chi connectivity index (χ2v) is 8.01. The van der Waals surface area contributed by atoms with E-state index in [9.17, 15) is 4.79 Å². The van der Waals surface area contributed by atoms with Crippen LogP contribution < -0.4 is 14.2 Å². The number of ether oxygens (including phenoxy) is 3. The van der Waals surface area contributed by atoms with E-state index in [2.05, 4.69) is 4.99 Å². The molecule has 0 radical (unpaired) electrons. The highest BCUT2D eigenvalue weighted by molar-refractivity contribution is 6.12. The quantitative estimate of drug-likeness (QED) is 0.723. The molecule has 1 amide bonds. The molecule has 0 aliphatic carbocycles. The van der Waals surface area contributed by atoms with Gasteiger partial charge in [0.2, 0.25) is 0 Å². The van der Waals surface area contributed by atoms with Crippen LogP contribution in [0.1, 0.15) is 35.7 Å². The number of nitrogens with zero attached hydrogens (tertiary/aromatic N) is 2. The molecular formula is C25H29N3O4. The fourth-order valence-electron chi connectivity index (χ4n) is 4.72. The number of carbonyl (C=O) groups is 1. The third-order valence-electron chi connectivity index (χ3n) is 6.35. The van der Waals surface area contributed by atoms with Gasteiger partial charge in [-0.25, -0.2) is 0 Å². The second-order valence-electron chi connectivity index (χ2n) is 8.01. The van der Waals surface area contributed by atoms with Crippen molar-refractivity contribution in [2.24, 2.45) is 10.9 Å². The zero-order chi connectivity index (χ0) is 22.7. The smallest absolute Gasteiger partial charge is 0.253 e. The van der Waals surface area contributed by atoms with Crippen molar-refractivity contribution in [3.8, 4) is 17.2 Å². The molecule has 1 spiro atoms. The number of aliphatic imine (C=N–C) groups is 1. The Kier molecular flexibility index (Phi) is 6.17. The van der Waals surface area contributed by atoms with Crippen LogP contribution in [0.3, 0.4) is 0 Å². The summed E-state index contributed by atoms with van der Waals surface area (Å²) < 4.78 is 17.5. The fraction of sp³-hybridized carbons (Fsp3) is 0.400. The van der Waals surface area contributed by atoms with Gasteiger partial charge in [0.15, 0.2) is 11.5 Å². The monoisotopic (exact) mass is 435 g/mol. The van der Waals surface area contributed by atoms with E-state index in [-0.39, 0.29) is 11.8 Å². The SMILES string of the molecule is CCOc1cc(C(=O)N2CCC3(CC2)Oc2ccccc2C(=NC)C3C=N)ccc1OC. The first-order valence-electron chi connectivity index (χ1n) is 10.9. The van der Waals surface area contributed by atoms with Crippen LogP contribution in [0, 0.1) is 11.3 Å². The summed E-state index contributed by atoms with van der Waals surface area (Å²) in [6.45, 7) is 3.47. The molecule has 168 valence electrons. The van der Waals surface area contributed by atoms with Crippen molar-refractivity contribution in [2.75, 3.05) is 33.9 Å². The van der Waals surface area contributed by atoms with E-state index in [1.54, 1.807) is 32.4 Å². The van der Waals surface area contributed by atoms with Gasteiger partial charge in [0.1, 0.15) is 11.4 Å². The first kappa shape index (κ1) is 21.9. The van der Waals surface area contributed by atoms with Crippen molar-refractivity contribution in [2.45, 2.75) is 25.4 Å². The molecule has 2 heterocycles. The van der Waals surface area contributed by atoms with Gasteiger partial charge >= 0.3 is 0 Å². The molecule has 1 saturated heterocycles. The highest BCUT2D eigenvalue weighted by Gasteiger charge is 2.49. The van der Waals surface area contributed by atoms with Crippen LogP contribution >= 0.6 is 0 Å². The second kappa shape index (κ2) is 9.02. The number of para-hydroxylation sites is 1. The van der Waals surface area contributed by atoms with E-state index in [0.29, 0.717) is 49.6 Å². The molecule has 0 aromatic heterocycles. The maximum Gasteiger partial charge on any atom is 0.253 e. The number of hydrogen-bond donors (Lipinski definition) is 1. The van der Waals surface area contributed by atoms with E-state index in [4.69, 9.17) is 19.6 Å². The lowest BCUT2D eigenvalue weighted by Crippen LogP contribution is -2.58. The number of nitrogens with one attached hydrogen (secondary N) is 1. The Hall–Kier alpha value is -3.35. The van der Waals surface area contributed by atoms with E-state index in [1.807, 2.05) is 36.1 Å². The minimum absolute atomic E-state index is 0.0459. The predicted octanol–water partition coefficient (Wildman–Crippen LogP) is 3.85. The van der Waals surface area contributed by atoms with Crippen LogP contribution in [0.2, 0.25) is 0 Å². The van der Waals surface area contributed by atoms with Gasteiger partial charge in [0.25, 0.3) is 5.91 Å². The number of hydrogen-bond acceptors (Lipinski definition) is 6. The minimum atomic E-state index is -0.571. The van der Waals surface area contributed by atoms with Crippen molar-refractivity contribution in [1.82, 2.24) is 4.90 Å². The summed E-state index contributed by atoms with van der Waals surface area (Å²) in [5.41, 5.74) is 1.81. The maximum atomic E-state index is 13.2. The number of carbonyl (C=O) groups excluding carboxylic acids is 1. The molecule has 1 unspecified atom stereocenters. The van der Waals surface area contributed by atoms with Gasteiger partial charge in [0.05, 0.1) is 25.3 Å². The third kappa shape index (κ3) is 3.72. The summed E-state index contributed by atoms with van der Waals surface area (Å²) in [6.07, 6.45) is 2.69. The molecule has 7 heteroatoms. The molecular weight excluding hydrogens is 406 g/mol. The van der Waals surface area contributed by atoms with Gasteiger partial charge in [-0.2, -0.15) is 0 Å². The summed E-state index contributed by atoms with van der Waals surface area (Å²) in [7, 11) is 3.35. The summed E-state index contributed by atoms with van der Waals surface area (Å²) in [4.78, 5) is 19.6. The van der Waals surface area contributed by atoms with Gasteiger partial charge < -0.3 is 24.5 Å². The lowest BCUT2D eigenvalue weighted by molar-refractivity contribution is -0.00862. The van der Waals surface area contributed by atoms with Crippen LogP contribution in [0.15, 0.2) is 47.5 Å². The van der Waals surface area contributed by atoms with Crippen LogP contribution in [0.5, 0.6) is 17.2 Å². The van der Waals surface area contributed by atoms with Gasteiger partial charge in [0, 0.05) is 50.3 Å². The van der Waals surface area contributed by atoms with E-state index in [1.165, 1.54) is 6.21 Å². The average molecular weight is 436 g/mol. The normalized spacial score (nSPS) is 20.4. The molecule has 2 aliphatic heterocycles. The zero-order valence-electron chi connectivity index (χ0n) is 18.8. The first-order valence-corrected chi connectivity index (χ1v) is 10.9. The number of methoxy groups -OCH3 is 1. The van der Waals surface area contributed by atoms with Crippen LogP contribution in [-0.2, 0) is 0 Å². The van der Waals surface area contributed by atoms with Gasteiger partial charge in [-0.3, -0.25) is 9.79 Å². The Morgan fingerprint density at radius 2 is 2.00 bits per heavy atom. The lowest BCUT2D eigenvalue weighted by Gasteiger charge is -2.48. The molecule has 1 fully saturated rings. The Morgan fingerprint density at radius 1 is 1.25 bits per heavy atom. The fourth-order valence-corrected chi connectivity index (χ4v) is 4.72. The maximum absolute atomic E-state index is 13.2. The molecule has 1 N–H and O–H groups in total. The molecule has 0 saturated carbocycles. The first-order chi connectivity index (χ1) is 15.6. The Balaban J connectivity index is 1.55. The number of piperidine rings is 1. The zero-order valence-corrected chi connectivity index (χ0v) is 18.8. The summed E-state index contributed by atoms with van der Waals surface area (Å²) in [5, 5.41) is 8.11. The van der Waals surface area contributed by atoms with E-state index in [0.717, 1.165) is 17.0 Å². The minimum Gasteiger partial charge on any atom is -0.493 e. The number of rotatable bonds is 5. The Morgan fingerprint density at radius 3 is 2.66 bits per heavy atom. The van der Waals surface area contributed by atoms with Crippen molar-refractivity contribution < 1.29 is 19.0 Å². The van der Waals surface area contributed by atoms with E-state index < -0.39 is 5.60 Å². The molecule has 4 rings (SSSR count). The van der Waals surface area contributed by atoms with Crippen LogP contribution in [0.4, 0.5) is 0 Å². The topological polar surface area (TPSA) is 84.2 Å².